The Morgan fingerprint density at radius 1 is 1.00 bits per heavy atom. The van der Waals surface area contributed by atoms with Crippen LogP contribution in [0.2, 0.25) is 0 Å². The van der Waals surface area contributed by atoms with E-state index >= 15 is 0 Å². The molecule has 0 aromatic heterocycles. The van der Waals surface area contributed by atoms with Gasteiger partial charge < -0.3 is 5.73 Å². The van der Waals surface area contributed by atoms with Gasteiger partial charge in [0, 0.05) is 24.8 Å². The van der Waals surface area contributed by atoms with Crippen LogP contribution in [0.4, 0.5) is 10.1 Å². The van der Waals surface area contributed by atoms with Crippen LogP contribution < -0.4 is 5.73 Å². The molecule has 0 radical (unpaired) electrons. The highest BCUT2D eigenvalue weighted by atomic mass is 19.1. The lowest BCUT2D eigenvalue weighted by Gasteiger charge is -2.26. The summed E-state index contributed by atoms with van der Waals surface area (Å²) >= 11 is 0. The molecule has 0 atom stereocenters. The van der Waals surface area contributed by atoms with Crippen molar-refractivity contribution in [2.45, 2.75) is 33.0 Å². The number of nitrogens with two attached hydrogens (primary N) is 1. The van der Waals surface area contributed by atoms with Gasteiger partial charge in [-0.3, -0.25) is 4.90 Å². The van der Waals surface area contributed by atoms with Gasteiger partial charge in [0.2, 0.25) is 0 Å². The summed E-state index contributed by atoms with van der Waals surface area (Å²) in [6.45, 7) is 5.96. The Hall–Kier alpha value is -1.87. The van der Waals surface area contributed by atoms with Gasteiger partial charge in [-0.2, -0.15) is 0 Å². The summed E-state index contributed by atoms with van der Waals surface area (Å²) in [6, 6.07) is 15.0. The molecule has 0 saturated carbocycles. The van der Waals surface area contributed by atoms with E-state index in [2.05, 4.69) is 24.8 Å². The van der Waals surface area contributed by atoms with Gasteiger partial charge in [-0.25, -0.2) is 4.39 Å². The van der Waals surface area contributed by atoms with Crippen LogP contribution in [0.3, 0.4) is 0 Å². The summed E-state index contributed by atoms with van der Waals surface area (Å²) in [5.74, 6) is -0.194. The summed E-state index contributed by atoms with van der Waals surface area (Å²) in [7, 11) is 0. The van der Waals surface area contributed by atoms with E-state index in [1.165, 1.54) is 17.7 Å². The van der Waals surface area contributed by atoms with Crippen molar-refractivity contribution in [2.75, 3.05) is 5.73 Å². The summed E-state index contributed by atoms with van der Waals surface area (Å²) in [4.78, 5) is 2.34. The molecule has 3 heteroatoms. The summed E-state index contributed by atoms with van der Waals surface area (Å²) < 4.78 is 12.9. The van der Waals surface area contributed by atoms with Gasteiger partial charge in [-0.05, 0) is 49.2 Å². The first-order chi connectivity index (χ1) is 9.54. The van der Waals surface area contributed by atoms with Crippen LogP contribution in [-0.4, -0.2) is 10.9 Å². The molecule has 2 rings (SSSR count). The molecule has 0 bridgehead atoms. The first-order valence-corrected chi connectivity index (χ1v) is 6.87. The van der Waals surface area contributed by atoms with E-state index < -0.39 is 0 Å². The second-order valence-electron chi connectivity index (χ2n) is 5.37. The third kappa shape index (κ3) is 4.07. The molecule has 0 spiro atoms. The molecule has 2 N–H and O–H groups in total. The molecule has 0 fully saturated rings. The van der Waals surface area contributed by atoms with Crippen LogP contribution in [0.25, 0.3) is 0 Å². The van der Waals surface area contributed by atoms with E-state index in [4.69, 9.17) is 5.73 Å². The number of anilines is 1. The van der Waals surface area contributed by atoms with Crippen molar-refractivity contribution in [1.82, 2.24) is 4.90 Å². The predicted octanol–water partition coefficient (Wildman–Crippen LogP) is 3.82. The molecule has 0 unspecified atom stereocenters. The van der Waals surface area contributed by atoms with Crippen molar-refractivity contribution >= 4 is 5.69 Å². The van der Waals surface area contributed by atoms with E-state index in [9.17, 15) is 4.39 Å². The molecule has 2 aromatic carbocycles. The van der Waals surface area contributed by atoms with Crippen LogP contribution in [0, 0.1) is 5.82 Å². The third-order valence-corrected chi connectivity index (χ3v) is 3.37. The zero-order chi connectivity index (χ0) is 14.5. The fourth-order valence-electron chi connectivity index (χ4n) is 2.17. The van der Waals surface area contributed by atoms with E-state index in [-0.39, 0.29) is 5.82 Å². The summed E-state index contributed by atoms with van der Waals surface area (Å²) in [5.41, 5.74) is 8.91. The van der Waals surface area contributed by atoms with Crippen molar-refractivity contribution < 1.29 is 4.39 Å². The Morgan fingerprint density at radius 2 is 1.65 bits per heavy atom. The lowest BCUT2D eigenvalue weighted by Crippen LogP contribution is -2.29. The van der Waals surface area contributed by atoms with Crippen molar-refractivity contribution in [3.05, 3.63) is 65.5 Å². The average molecular weight is 272 g/mol. The minimum atomic E-state index is -0.194. The van der Waals surface area contributed by atoms with Crippen LogP contribution in [0.15, 0.2) is 48.5 Å². The number of hydrogen-bond donors (Lipinski definition) is 1. The van der Waals surface area contributed by atoms with Gasteiger partial charge in [0.15, 0.2) is 0 Å². The molecule has 20 heavy (non-hydrogen) atoms. The average Bonchev–Trinajstić information content (AvgIpc) is 2.40. The molecule has 0 heterocycles. The molecule has 2 nitrogen and oxygen atoms in total. The van der Waals surface area contributed by atoms with Gasteiger partial charge in [0.25, 0.3) is 0 Å². The molecule has 0 saturated heterocycles. The quantitative estimate of drug-likeness (QED) is 0.838. The van der Waals surface area contributed by atoms with Crippen LogP contribution in [-0.2, 0) is 13.1 Å². The summed E-state index contributed by atoms with van der Waals surface area (Å²) in [6.07, 6.45) is 0. The lowest BCUT2D eigenvalue weighted by atomic mass is 10.1. The Kier molecular flexibility index (Phi) is 4.74. The van der Waals surface area contributed by atoms with Crippen LogP contribution in [0.5, 0.6) is 0 Å². The fourth-order valence-corrected chi connectivity index (χ4v) is 2.17. The SMILES string of the molecule is CC(C)N(Cc1ccc(F)cc1)Cc1cccc(N)c1. The monoisotopic (exact) mass is 272 g/mol. The number of nitrogen functional groups attached to an aromatic ring is 1. The first kappa shape index (κ1) is 14.5. The highest BCUT2D eigenvalue weighted by molar-refractivity contribution is 5.40. The first-order valence-electron chi connectivity index (χ1n) is 6.87. The maximum Gasteiger partial charge on any atom is 0.123 e. The van der Waals surface area contributed by atoms with E-state index in [0.29, 0.717) is 6.04 Å². The normalized spacial score (nSPS) is 11.2. The van der Waals surface area contributed by atoms with Gasteiger partial charge in [0.1, 0.15) is 5.82 Å². The zero-order valence-electron chi connectivity index (χ0n) is 12.0. The van der Waals surface area contributed by atoms with E-state index in [1.807, 2.05) is 30.3 Å². The number of nitrogens with zero attached hydrogens (tertiary/aromatic N) is 1. The second-order valence-corrected chi connectivity index (χ2v) is 5.37. The third-order valence-electron chi connectivity index (χ3n) is 3.37. The van der Waals surface area contributed by atoms with Crippen LogP contribution >= 0.6 is 0 Å². The summed E-state index contributed by atoms with van der Waals surface area (Å²) in [5, 5.41) is 0. The smallest absolute Gasteiger partial charge is 0.123 e. The largest absolute Gasteiger partial charge is 0.399 e. The molecule has 106 valence electrons. The molecule has 0 aliphatic rings. The predicted molar refractivity (Wildman–Crippen MR) is 81.6 cm³/mol. The Labute approximate surface area is 120 Å². The molecular formula is C17H21FN2. The molecule has 0 amide bonds. The number of benzene rings is 2. The Balaban J connectivity index is 2.09. The molecule has 0 aliphatic heterocycles. The van der Waals surface area contributed by atoms with E-state index in [1.54, 1.807) is 0 Å². The van der Waals surface area contributed by atoms with Gasteiger partial charge in [0.05, 0.1) is 0 Å². The second kappa shape index (κ2) is 6.53. The number of rotatable bonds is 5. The minimum Gasteiger partial charge on any atom is -0.399 e. The maximum absolute atomic E-state index is 12.9. The number of halogens is 1. The van der Waals surface area contributed by atoms with Gasteiger partial charge in [-0.1, -0.05) is 24.3 Å². The standard InChI is InChI=1S/C17H21FN2/c1-13(2)20(11-14-6-8-16(18)9-7-14)12-15-4-3-5-17(19)10-15/h3-10,13H,11-12,19H2,1-2H3. The van der Waals surface area contributed by atoms with E-state index in [0.717, 1.165) is 24.3 Å². The highest BCUT2D eigenvalue weighted by Gasteiger charge is 2.11. The lowest BCUT2D eigenvalue weighted by molar-refractivity contribution is 0.203. The van der Waals surface area contributed by atoms with Gasteiger partial charge in [-0.15, -0.1) is 0 Å². The van der Waals surface area contributed by atoms with Gasteiger partial charge >= 0.3 is 0 Å². The van der Waals surface area contributed by atoms with Crippen molar-refractivity contribution in [3.63, 3.8) is 0 Å². The van der Waals surface area contributed by atoms with Crippen molar-refractivity contribution in [2.24, 2.45) is 0 Å². The fraction of sp³-hybridized carbons (Fsp3) is 0.294. The molecular weight excluding hydrogens is 251 g/mol. The van der Waals surface area contributed by atoms with Crippen LogP contribution in [0.1, 0.15) is 25.0 Å². The highest BCUT2D eigenvalue weighted by Crippen LogP contribution is 2.15. The Morgan fingerprint density at radius 3 is 2.25 bits per heavy atom. The maximum atomic E-state index is 12.9. The molecule has 2 aromatic rings. The molecule has 0 aliphatic carbocycles. The van der Waals surface area contributed by atoms with Crippen molar-refractivity contribution in [1.29, 1.82) is 0 Å². The topological polar surface area (TPSA) is 29.3 Å². The van der Waals surface area contributed by atoms with Crippen molar-refractivity contribution in [3.8, 4) is 0 Å². The Bertz CT molecular complexity index is 549. The zero-order valence-corrected chi connectivity index (χ0v) is 12.0. The number of hydrogen-bond acceptors (Lipinski definition) is 2. The minimum absolute atomic E-state index is 0.194.